The third-order valence-electron chi connectivity index (χ3n) is 4.36. The Hall–Kier alpha value is -2.79. The van der Waals surface area contributed by atoms with Crippen molar-refractivity contribution in [3.05, 3.63) is 54.1 Å². The van der Waals surface area contributed by atoms with Gasteiger partial charge in [0, 0.05) is 20.2 Å². The van der Waals surface area contributed by atoms with E-state index in [1.54, 1.807) is 19.1 Å². The molecule has 11 heteroatoms. The molecule has 0 N–H and O–H groups in total. The zero-order valence-corrected chi connectivity index (χ0v) is 17.1. The van der Waals surface area contributed by atoms with E-state index in [0.717, 1.165) is 4.31 Å². The van der Waals surface area contributed by atoms with Crippen LogP contribution in [0.3, 0.4) is 0 Å². The number of halogens is 3. The van der Waals surface area contributed by atoms with Crippen molar-refractivity contribution in [2.24, 2.45) is 5.16 Å². The summed E-state index contributed by atoms with van der Waals surface area (Å²) >= 11 is 0. The lowest BCUT2D eigenvalue weighted by Gasteiger charge is -2.21. The maximum absolute atomic E-state index is 12.3. The molecule has 162 valence electrons. The molecule has 30 heavy (non-hydrogen) atoms. The van der Waals surface area contributed by atoms with E-state index in [0.29, 0.717) is 5.56 Å². The van der Waals surface area contributed by atoms with Gasteiger partial charge in [-0.2, -0.15) is 0 Å². The zero-order valence-electron chi connectivity index (χ0n) is 16.3. The van der Waals surface area contributed by atoms with Gasteiger partial charge < -0.3 is 14.3 Å². The smallest absolute Gasteiger partial charge is 0.440 e. The van der Waals surface area contributed by atoms with Crippen LogP contribution < -0.4 is 9.47 Å². The first-order valence-electron chi connectivity index (χ1n) is 8.71. The SMILES string of the molecule is CN(C)S(=O)(=O)c1cccc(OC2=NO[C@@](C)(c3ccc(OC(F)(F)F)cc3)C2)c1. The minimum absolute atomic E-state index is 0.0625. The second-order valence-corrected chi connectivity index (χ2v) is 9.07. The normalized spacial score (nSPS) is 19.4. The quantitative estimate of drug-likeness (QED) is 0.700. The highest BCUT2D eigenvalue weighted by atomic mass is 32.2. The third kappa shape index (κ3) is 4.85. The van der Waals surface area contributed by atoms with E-state index >= 15 is 0 Å². The first-order valence-corrected chi connectivity index (χ1v) is 10.1. The predicted octanol–water partition coefficient (Wildman–Crippen LogP) is 3.86. The molecular formula is C19H19F3N2O5S. The van der Waals surface area contributed by atoms with Crippen LogP contribution in [0.5, 0.6) is 11.5 Å². The number of benzene rings is 2. The number of nitrogens with zero attached hydrogens (tertiary/aromatic N) is 2. The van der Waals surface area contributed by atoms with Gasteiger partial charge in [-0.25, -0.2) is 12.7 Å². The van der Waals surface area contributed by atoms with E-state index in [1.807, 2.05) is 0 Å². The zero-order chi connectivity index (χ0) is 22.2. The van der Waals surface area contributed by atoms with Crippen molar-refractivity contribution < 1.29 is 35.9 Å². The molecule has 0 radical (unpaired) electrons. The van der Waals surface area contributed by atoms with Gasteiger partial charge in [-0.3, -0.25) is 0 Å². The summed E-state index contributed by atoms with van der Waals surface area (Å²) in [4.78, 5) is 5.52. The number of hydrogen-bond donors (Lipinski definition) is 0. The highest BCUT2D eigenvalue weighted by Gasteiger charge is 2.38. The van der Waals surface area contributed by atoms with Crippen molar-refractivity contribution in [1.29, 1.82) is 0 Å². The summed E-state index contributed by atoms with van der Waals surface area (Å²) in [5, 5.41) is 3.89. The van der Waals surface area contributed by atoms with Gasteiger partial charge >= 0.3 is 6.36 Å². The number of sulfonamides is 1. The lowest BCUT2D eigenvalue weighted by atomic mass is 9.93. The minimum atomic E-state index is -4.77. The van der Waals surface area contributed by atoms with E-state index in [-0.39, 0.29) is 28.7 Å². The monoisotopic (exact) mass is 444 g/mol. The topological polar surface area (TPSA) is 77.4 Å². The van der Waals surface area contributed by atoms with Gasteiger partial charge in [0.05, 0.1) is 11.3 Å². The standard InChI is InChI=1S/C19H19F3N2O5S/c1-18(13-7-9-14(10-8-13)28-19(20,21)22)12-17(23-29-18)27-15-5-4-6-16(11-15)30(25,26)24(2)3/h4-11H,12H2,1-3H3/t18-/m1/s1. The molecule has 2 aromatic rings. The fraction of sp³-hybridized carbons (Fsp3) is 0.316. The molecule has 0 aromatic heterocycles. The molecule has 2 aromatic carbocycles. The molecule has 0 aliphatic carbocycles. The molecule has 1 aliphatic rings. The highest BCUT2D eigenvalue weighted by molar-refractivity contribution is 7.89. The van der Waals surface area contributed by atoms with Crippen molar-refractivity contribution in [3.8, 4) is 11.5 Å². The number of ether oxygens (including phenoxy) is 2. The lowest BCUT2D eigenvalue weighted by Crippen LogP contribution is -2.23. The van der Waals surface area contributed by atoms with Crippen LogP contribution >= 0.6 is 0 Å². The number of oxime groups is 1. The molecule has 1 aliphatic heterocycles. The van der Waals surface area contributed by atoms with Gasteiger partial charge in [-0.05, 0) is 36.8 Å². The van der Waals surface area contributed by atoms with Gasteiger partial charge in [0.25, 0.3) is 0 Å². The molecule has 0 spiro atoms. The van der Waals surface area contributed by atoms with Crippen LogP contribution in [0.2, 0.25) is 0 Å². The molecule has 0 bridgehead atoms. The lowest BCUT2D eigenvalue weighted by molar-refractivity contribution is -0.274. The van der Waals surface area contributed by atoms with Crippen molar-refractivity contribution in [2.75, 3.05) is 14.1 Å². The van der Waals surface area contributed by atoms with E-state index in [9.17, 15) is 21.6 Å². The molecule has 7 nitrogen and oxygen atoms in total. The summed E-state index contributed by atoms with van der Waals surface area (Å²) in [5.41, 5.74) is -0.386. The molecule has 0 saturated heterocycles. The Bertz CT molecular complexity index is 1050. The van der Waals surface area contributed by atoms with Gasteiger partial charge in [-0.15, -0.1) is 13.2 Å². The first-order chi connectivity index (χ1) is 13.9. The molecule has 0 saturated carbocycles. The largest absolute Gasteiger partial charge is 0.573 e. The van der Waals surface area contributed by atoms with E-state index in [1.165, 1.54) is 50.5 Å². The molecule has 1 atom stereocenters. The summed E-state index contributed by atoms with van der Waals surface area (Å²) in [6.45, 7) is 1.71. The number of rotatable bonds is 5. The first kappa shape index (κ1) is 21.9. The summed E-state index contributed by atoms with van der Waals surface area (Å²) < 4.78 is 72.0. The fourth-order valence-electron chi connectivity index (χ4n) is 2.77. The van der Waals surface area contributed by atoms with Crippen LogP contribution in [0, 0.1) is 0 Å². The van der Waals surface area contributed by atoms with Crippen molar-refractivity contribution in [2.45, 2.75) is 30.2 Å². The minimum Gasteiger partial charge on any atom is -0.440 e. The van der Waals surface area contributed by atoms with Crippen molar-refractivity contribution in [3.63, 3.8) is 0 Å². The van der Waals surface area contributed by atoms with E-state index in [2.05, 4.69) is 9.89 Å². The fourth-order valence-corrected chi connectivity index (χ4v) is 3.71. The molecular weight excluding hydrogens is 425 g/mol. The van der Waals surface area contributed by atoms with Crippen LogP contribution in [0.1, 0.15) is 18.9 Å². The molecule has 0 fully saturated rings. The molecule has 1 heterocycles. The van der Waals surface area contributed by atoms with Gasteiger partial charge in [0.15, 0.2) is 5.60 Å². The predicted molar refractivity (Wildman–Crippen MR) is 102 cm³/mol. The Labute approximate surface area is 171 Å². The summed E-state index contributed by atoms with van der Waals surface area (Å²) in [6, 6.07) is 11.2. The Morgan fingerprint density at radius 3 is 2.37 bits per heavy atom. The summed E-state index contributed by atoms with van der Waals surface area (Å²) in [5.74, 6) is 0.120. The number of alkyl halides is 3. The summed E-state index contributed by atoms with van der Waals surface area (Å²) in [6.07, 6.45) is -4.58. The highest BCUT2D eigenvalue weighted by Crippen LogP contribution is 2.36. The Kier molecular flexibility index (Phi) is 5.70. The Morgan fingerprint density at radius 1 is 1.10 bits per heavy atom. The van der Waals surface area contributed by atoms with Crippen LogP contribution in [0.25, 0.3) is 0 Å². The van der Waals surface area contributed by atoms with Crippen LogP contribution in [0.15, 0.2) is 58.6 Å². The van der Waals surface area contributed by atoms with Crippen molar-refractivity contribution in [1.82, 2.24) is 4.31 Å². The Morgan fingerprint density at radius 2 is 1.77 bits per heavy atom. The van der Waals surface area contributed by atoms with Crippen LogP contribution in [-0.4, -0.2) is 39.1 Å². The average Bonchev–Trinajstić information content (AvgIpc) is 3.03. The molecule has 3 rings (SSSR count). The average molecular weight is 444 g/mol. The third-order valence-corrected chi connectivity index (χ3v) is 6.17. The Balaban J connectivity index is 1.71. The maximum atomic E-state index is 12.3. The van der Waals surface area contributed by atoms with Crippen LogP contribution in [0.4, 0.5) is 13.2 Å². The molecule has 0 amide bonds. The number of hydrogen-bond acceptors (Lipinski definition) is 6. The summed E-state index contributed by atoms with van der Waals surface area (Å²) in [7, 11) is -0.776. The van der Waals surface area contributed by atoms with Crippen LogP contribution in [-0.2, 0) is 20.5 Å². The van der Waals surface area contributed by atoms with Gasteiger partial charge in [0.1, 0.15) is 11.5 Å². The van der Waals surface area contributed by atoms with Gasteiger partial charge in [0.2, 0.25) is 15.9 Å². The maximum Gasteiger partial charge on any atom is 0.573 e. The van der Waals surface area contributed by atoms with Crippen molar-refractivity contribution >= 4 is 15.9 Å². The van der Waals surface area contributed by atoms with Gasteiger partial charge in [-0.1, -0.05) is 23.4 Å². The second-order valence-electron chi connectivity index (χ2n) is 6.92. The molecule has 0 unspecified atom stereocenters. The second kappa shape index (κ2) is 7.80. The van der Waals surface area contributed by atoms with E-state index < -0.39 is 22.0 Å². The van der Waals surface area contributed by atoms with E-state index in [4.69, 9.17) is 9.57 Å².